The lowest BCUT2D eigenvalue weighted by atomic mass is 9.85. The molecule has 2 aliphatic rings. The number of rotatable bonds is 6. The van der Waals surface area contributed by atoms with Crippen molar-refractivity contribution in [3.05, 3.63) is 63.1 Å². The molecule has 1 aromatic carbocycles. The van der Waals surface area contributed by atoms with Gasteiger partial charge in [-0.3, -0.25) is 9.59 Å². The molecule has 4 rings (SSSR count). The summed E-state index contributed by atoms with van der Waals surface area (Å²) in [4.78, 5) is 46.6. The molecule has 1 aliphatic heterocycles. The second kappa shape index (κ2) is 10.5. The summed E-state index contributed by atoms with van der Waals surface area (Å²) in [6.07, 6.45) is 4.32. The smallest absolute Gasteiger partial charge is 0.347 e. The number of nitrogens with one attached hydrogen (secondary N) is 1. The van der Waals surface area contributed by atoms with Crippen LogP contribution in [0.25, 0.3) is 11.3 Å². The quantitative estimate of drug-likeness (QED) is 0.354. The standard InChI is InChI=1S/C18H19N3O.C6H8O7/c1-21-11-10-16(20-18(21)22)17-14-8-3-2-6-12(14)13-7-4-5-9-15(13)19-17;7-3(8)1-6(13,5(11)12)2-4(9)10/h2-3,6,8,10-11,15,19H,4-5,7,9H2,1H3;13H,1-2H2,(H,7,8)(H,9,10)(H,11,12). The molecule has 1 atom stereocenters. The van der Waals surface area contributed by atoms with Crippen molar-refractivity contribution in [2.45, 2.75) is 50.2 Å². The number of aryl methyl sites for hydroxylation is 1. The van der Waals surface area contributed by atoms with Gasteiger partial charge in [0.1, 0.15) is 0 Å². The van der Waals surface area contributed by atoms with Gasteiger partial charge < -0.3 is 30.3 Å². The van der Waals surface area contributed by atoms with Crippen molar-refractivity contribution in [2.75, 3.05) is 0 Å². The van der Waals surface area contributed by atoms with E-state index in [4.69, 9.17) is 20.4 Å². The first-order valence-corrected chi connectivity index (χ1v) is 11.0. The molecule has 5 N–H and O–H groups in total. The minimum absolute atomic E-state index is 0.220. The van der Waals surface area contributed by atoms with Crippen LogP contribution >= 0.6 is 0 Å². The zero-order valence-electron chi connectivity index (χ0n) is 19.1. The second-order valence-corrected chi connectivity index (χ2v) is 8.57. The molecule has 11 nitrogen and oxygen atoms in total. The van der Waals surface area contributed by atoms with Crippen LogP contribution < -0.4 is 21.4 Å². The van der Waals surface area contributed by atoms with Gasteiger partial charge in [-0.2, -0.15) is 4.98 Å². The number of hydrogen-bond donors (Lipinski definition) is 5. The molecule has 11 heteroatoms. The molecule has 1 saturated carbocycles. The number of carboxylic acid groups (broad SMARTS) is 3. The summed E-state index contributed by atoms with van der Waals surface area (Å²) in [5, 5.41) is 39.9. The lowest BCUT2D eigenvalue weighted by molar-refractivity contribution is -0.170. The van der Waals surface area contributed by atoms with Gasteiger partial charge in [0.2, 0.25) is 0 Å². The van der Waals surface area contributed by atoms with Gasteiger partial charge in [-0.1, -0.05) is 30.7 Å². The lowest BCUT2D eigenvalue weighted by Gasteiger charge is -2.31. The van der Waals surface area contributed by atoms with Crippen LogP contribution in [0.5, 0.6) is 0 Å². The van der Waals surface area contributed by atoms with Crippen LogP contribution in [0.1, 0.15) is 44.2 Å². The first kappa shape index (κ1) is 25.6. The van der Waals surface area contributed by atoms with E-state index < -0.39 is 36.4 Å². The zero-order chi connectivity index (χ0) is 25.8. The number of nitrogens with zero attached hydrogens (tertiary/aromatic N) is 2. The van der Waals surface area contributed by atoms with Crippen LogP contribution in [-0.4, -0.2) is 59.5 Å². The van der Waals surface area contributed by atoms with Gasteiger partial charge in [0.25, 0.3) is 0 Å². The predicted octanol–water partition coefficient (Wildman–Crippen LogP) is -0.615. The molecule has 0 saturated heterocycles. The Balaban J connectivity index is 0.000000228. The minimum atomic E-state index is -2.74. The summed E-state index contributed by atoms with van der Waals surface area (Å²) in [6, 6.07) is 10.8. The largest absolute Gasteiger partial charge is 0.481 e. The fourth-order valence-electron chi connectivity index (χ4n) is 4.26. The number of fused-ring (bicyclic) bond motifs is 2. The Hall–Kier alpha value is -3.99. The van der Waals surface area contributed by atoms with Crippen molar-refractivity contribution in [1.82, 2.24) is 14.9 Å². The van der Waals surface area contributed by atoms with Gasteiger partial charge >= 0.3 is 23.6 Å². The van der Waals surface area contributed by atoms with Crippen LogP contribution in [0.15, 0.2) is 41.3 Å². The molecule has 35 heavy (non-hydrogen) atoms. The van der Waals surface area contributed by atoms with E-state index in [-0.39, 0.29) is 5.69 Å². The molecule has 1 unspecified atom stereocenters. The van der Waals surface area contributed by atoms with Crippen molar-refractivity contribution in [1.29, 1.82) is 0 Å². The van der Waals surface area contributed by atoms with E-state index in [1.165, 1.54) is 28.2 Å². The average molecular weight is 485 g/mol. The molecule has 0 spiro atoms. The maximum atomic E-state index is 11.9. The van der Waals surface area contributed by atoms with Crippen molar-refractivity contribution in [3.63, 3.8) is 0 Å². The lowest BCUT2D eigenvalue weighted by Crippen LogP contribution is -2.47. The highest BCUT2D eigenvalue weighted by molar-refractivity contribution is 5.88. The molecule has 186 valence electrons. The van der Waals surface area contributed by atoms with E-state index >= 15 is 0 Å². The van der Waals surface area contributed by atoms with Gasteiger partial charge in [0.05, 0.1) is 24.2 Å². The normalized spacial score (nSPS) is 16.7. The molecule has 2 heterocycles. The number of aromatic nitrogens is 2. The Labute approximate surface area is 199 Å². The highest BCUT2D eigenvalue weighted by Gasteiger charge is 2.40. The van der Waals surface area contributed by atoms with E-state index in [0.717, 1.165) is 29.5 Å². The van der Waals surface area contributed by atoms with Crippen LogP contribution in [0.3, 0.4) is 0 Å². The fourth-order valence-corrected chi connectivity index (χ4v) is 4.26. The van der Waals surface area contributed by atoms with Crippen LogP contribution in [0, 0.1) is 0 Å². The summed E-state index contributed by atoms with van der Waals surface area (Å²) in [5.74, 6) is -5.02. The van der Waals surface area contributed by atoms with Gasteiger partial charge in [-0.25, -0.2) is 9.59 Å². The number of carboxylic acids is 3. The van der Waals surface area contributed by atoms with E-state index in [1.54, 1.807) is 13.2 Å². The van der Waals surface area contributed by atoms with Crippen LogP contribution in [-0.2, 0) is 21.4 Å². The van der Waals surface area contributed by atoms with Crippen LogP contribution in [0.2, 0.25) is 0 Å². The molecule has 1 aromatic heterocycles. The van der Waals surface area contributed by atoms with E-state index in [9.17, 15) is 19.2 Å². The summed E-state index contributed by atoms with van der Waals surface area (Å²) >= 11 is 0. The topological polar surface area (TPSA) is 179 Å². The summed E-state index contributed by atoms with van der Waals surface area (Å²) in [6.45, 7) is 0. The van der Waals surface area contributed by atoms with Gasteiger partial charge in [-0.15, -0.1) is 0 Å². The summed E-state index contributed by atoms with van der Waals surface area (Å²) < 4.78 is 1.50. The van der Waals surface area contributed by atoms with E-state index in [0.29, 0.717) is 6.04 Å². The van der Waals surface area contributed by atoms with Crippen molar-refractivity contribution in [2.24, 2.45) is 7.05 Å². The Morgan fingerprint density at radius 2 is 1.69 bits per heavy atom. The van der Waals surface area contributed by atoms with Crippen LogP contribution in [0.4, 0.5) is 0 Å². The fraction of sp³-hybridized carbons (Fsp3) is 0.375. The molecule has 2 aromatic rings. The average Bonchev–Trinajstić information content (AvgIpc) is 2.79. The number of carbonyl (C=O) groups is 3. The Bertz CT molecular complexity index is 1310. The molecular formula is C24H27N3O8. The van der Waals surface area contributed by atoms with E-state index in [2.05, 4.69) is 28.5 Å². The third-order valence-electron chi connectivity index (χ3n) is 5.99. The van der Waals surface area contributed by atoms with Gasteiger partial charge in [0.15, 0.2) is 5.60 Å². The number of aliphatic carboxylic acids is 3. The molecule has 1 aliphatic carbocycles. The monoisotopic (exact) mass is 485 g/mol. The SMILES string of the molecule is Cn1ccc(C2=c3ccccc3=C3CCCCC3N2)nc1=O.O=C(O)CC(O)(CC(=O)O)C(=O)O. The number of benzene rings is 1. The highest BCUT2D eigenvalue weighted by atomic mass is 16.4. The summed E-state index contributed by atoms with van der Waals surface area (Å²) in [5.41, 5.74) is 0.277. The Morgan fingerprint density at radius 3 is 2.26 bits per heavy atom. The highest BCUT2D eigenvalue weighted by Crippen LogP contribution is 2.26. The molecule has 0 bridgehead atoms. The molecule has 0 radical (unpaired) electrons. The second-order valence-electron chi connectivity index (χ2n) is 8.57. The predicted molar refractivity (Wildman–Crippen MR) is 124 cm³/mol. The third kappa shape index (κ3) is 5.93. The molecular weight excluding hydrogens is 458 g/mol. The third-order valence-corrected chi connectivity index (χ3v) is 5.99. The zero-order valence-corrected chi connectivity index (χ0v) is 19.1. The van der Waals surface area contributed by atoms with Crippen molar-refractivity contribution in [3.8, 4) is 0 Å². The minimum Gasteiger partial charge on any atom is -0.481 e. The first-order valence-electron chi connectivity index (χ1n) is 11.0. The Morgan fingerprint density at radius 1 is 1.06 bits per heavy atom. The van der Waals surface area contributed by atoms with Gasteiger partial charge in [-0.05, 0) is 36.1 Å². The molecule has 0 amide bonds. The van der Waals surface area contributed by atoms with Gasteiger partial charge in [0, 0.05) is 24.5 Å². The number of hydrogen-bond acceptors (Lipinski definition) is 7. The maximum Gasteiger partial charge on any atom is 0.347 e. The summed E-state index contributed by atoms with van der Waals surface area (Å²) in [7, 11) is 1.72. The van der Waals surface area contributed by atoms with Crippen molar-refractivity contribution >= 4 is 29.2 Å². The number of aliphatic hydroxyl groups is 1. The maximum absolute atomic E-state index is 11.9. The first-order chi connectivity index (χ1) is 16.5. The Kier molecular flexibility index (Phi) is 7.70. The van der Waals surface area contributed by atoms with Crippen molar-refractivity contribution < 1.29 is 34.8 Å². The van der Waals surface area contributed by atoms with E-state index in [1.807, 2.05) is 12.1 Å². The molecule has 1 fully saturated rings.